The zero-order valence-electron chi connectivity index (χ0n) is 15.9. The van der Waals surface area contributed by atoms with Crippen LogP contribution in [-0.2, 0) is 0 Å². The van der Waals surface area contributed by atoms with Gasteiger partial charge >= 0.3 is 0 Å². The average molecular weight is 414 g/mol. The van der Waals surface area contributed by atoms with Crippen molar-refractivity contribution in [3.8, 4) is 0 Å². The lowest BCUT2D eigenvalue weighted by molar-refractivity contribution is -0.392. The van der Waals surface area contributed by atoms with Crippen LogP contribution in [0.2, 0.25) is 0 Å². The van der Waals surface area contributed by atoms with E-state index in [-0.39, 0.29) is 21.6 Å². The molecule has 1 aliphatic rings. The van der Waals surface area contributed by atoms with Gasteiger partial charge in [0.1, 0.15) is 0 Å². The first kappa shape index (κ1) is 21.8. The molecule has 0 atom stereocenters. The highest BCUT2D eigenvalue weighted by Crippen LogP contribution is 2.48. The molecule has 0 unspecified atom stereocenters. The largest absolute Gasteiger partial charge is 0.360 e. The van der Waals surface area contributed by atoms with Crippen molar-refractivity contribution in [3.63, 3.8) is 0 Å². The second kappa shape index (κ2) is 10.8. The van der Waals surface area contributed by atoms with Crippen LogP contribution in [-0.4, -0.2) is 34.4 Å². The summed E-state index contributed by atoms with van der Waals surface area (Å²) in [5.74, 6) is 1.94. The van der Waals surface area contributed by atoms with Crippen LogP contribution < -0.4 is 4.90 Å². The van der Waals surface area contributed by atoms with Gasteiger partial charge in [0.05, 0.1) is 14.4 Å². The van der Waals surface area contributed by atoms with Crippen molar-refractivity contribution >= 4 is 40.6 Å². The fourth-order valence-corrected chi connectivity index (χ4v) is 5.93. The Hall–Kier alpha value is -1.48. The number of rotatable bonds is 10. The molecule has 27 heavy (non-hydrogen) atoms. The highest BCUT2D eigenvalue weighted by molar-refractivity contribution is 8.16. The maximum Gasteiger partial charge on any atom is 0.300 e. The minimum atomic E-state index is -0.463. The van der Waals surface area contributed by atoms with Gasteiger partial charge in [0.2, 0.25) is 0 Å². The molecule has 9 heteroatoms. The molecule has 0 amide bonds. The lowest BCUT2D eigenvalue weighted by Gasteiger charge is -2.26. The maximum absolute atomic E-state index is 11.8. The number of nitro groups is 2. The van der Waals surface area contributed by atoms with Crippen molar-refractivity contribution in [2.75, 3.05) is 29.5 Å². The van der Waals surface area contributed by atoms with Crippen LogP contribution in [0.15, 0.2) is 12.1 Å². The van der Waals surface area contributed by atoms with E-state index in [4.69, 9.17) is 0 Å². The predicted octanol–water partition coefficient (Wildman–Crippen LogP) is 5.78. The molecule has 0 bridgehead atoms. The molecule has 0 aliphatic carbocycles. The first-order chi connectivity index (χ1) is 13.0. The molecule has 0 aromatic heterocycles. The Morgan fingerprint density at radius 3 is 1.89 bits per heavy atom. The number of benzene rings is 1. The van der Waals surface area contributed by atoms with Crippen molar-refractivity contribution < 1.29 is 9.85 Å². The summed E-state index contributed by atoms with van der Waals surface area (Å²) in [7, 11) is 0. The van der Waals surface area contributed by atoms with Gasteiger partial charge in [-0.25, -0.2) is 0 Å². The van der Waals surface area contributed by atoms with Crippen molar-refractivity contribution in [3.05, 3.63) is 37.9 Å². The van der Waals surface area contributed by atoms with Crippen molar-refractivity contribution in [2.45, 2.75) is 50.5 Å². The van der Waals surface area contributed by atoms with Gasteiger partial charge in [0.15, 0.2) is 5.69 Å². The Labute approximate surface area is 168 Å². The van der Waals surface area contributed by atoms with Crippen LogP contribution in [0.4, 0.5) is 17.1 Å². The zero-order chi connectivity index (χ0) is 19.8. The summed E-state index contributed by atoms with van der Waals surface area (Å²) >= 11 is 3.41. The molecule has 1 fully saturated rings. The summed E-state index contributed by atoms with van der Waals surface area (Å²) in [5.41, 5.74) is 0.565. The monoisotopic (exact) mass is 413 g/mol. The van der Waals surface area contributed by atoms with E-state index in [9.17, 15) is 20.2 Å². The van der Waals surface area contributed by atoms with Crippen LogP contribution in [0, 0.1) is 20.2 Å². The van der Waals surface area contributed by atoms with Gasteiger partial charge < -0.3 is 4.90 Å². The Morgan fingerprint density at radius 2 is 1.48 bits per heavy atom. The lowest BCUT2D eigenvalue weighted by Crippen LogP contribution is -2.27. The van der Waals surface area contributed by atoms with Gasteiger partial charge in [-0.15, -0.1) is 23.5 Å². The van der Waals surface area contributed by atoms with E-state index in [1.54, 1.807) is 35.7 Å². The number of anilines is 1. The number of nitrogens with zero attached hydrogens (tertiary/aromatic N) is 3. The third-order valence-corrected chi connectivity index (χ3v) is 7.48. The predicted molar refractivity (Wildman–Crippen MR) is 114 cm³/mol. The standard InChI is InChI=1S/C18H27N3O4S2/c1-3-5-8-19(9-6-4-2)17-15(20(22)23)12-14(13-16(17)21(24)25)18-26-10-7-11-27-18/h12-13,18H,3-11H2,1-2H3. The van der Waals surface area contributed by atoms with Crippen LogP contribution >= 0.6 is 23.5 Å². The molecule has 2 rings (SSSR count). The average Bonchev–Trinajstić information content (AvgIpc) is 2.68. The van der Waals surface area contributed by atoms with E-state index in [2.05, 4.69) is 0 Å². The minimum Gasteiger partial charge on any atom is -0.360 e. The summed E-state index contributed by atoms with van der Waals surface area (Å²) in [4.78, 5) is 24.6. The Kier molecular flexibility index (Phi) is 8.69. The summed E-state index contributed by atoms with van der Waals surface area (Å²) in [5, 5.41) is 23.7. The smallest absolute Gasteiger partial charge is 0.300 e. The summed E-state index contributed by atoms with van der Waals surface area (Å²) in [6, 6.07) is 3.12. The fourth-order valence-electron chi connectivity index (χ4n) is 3.08. The third-order valence-electron chi connectivity index (χ3n) is 4.46. The minimum absolute atomic E-state index is 0.0185. The third kappa shape index (κ3) is 5.75. The van der Waals surface area contributed by atoms with E-state index in [1.807, 2.05) is 18.7 Å². The van der Waals surface area contributed by atoms with E-state index in [0.29, 0.717) is 18.7 Å². The molecule has 1 aromatic carbocycles. The van der Waals surface area contributed by atoms with Crippen molar-refractivity contribution in [1.82, 2.24) is 0 Å². The SMILES string of the molecule is CCCCN(CCCC)c1c([N+](=O)[O-])cc(C2SCCCS2)cc1[N+](=O)[O-]. The van der Waals surface area contributed by atoms with Crippen molar-refractivity contribution in [2.24, 2.45) is 0 Å². The number of nitro benzene ring substituents is 2. The van der Waals surface area contributed by atoms with E-state index < -0.39 is 9.85 Å². The van der Waals surface area contributed by atoms with Gasteiger partial charge in [-0.05, 0) is 36.3 Å². The molecular formula is C18H27N3O4S2. The summed E-state index contributed by atoms with van der Waals surface area (Å²) in [6.45, 7) is 5.26. The Bertz CT molecular complexity index is 623. The van der Waals surface area contributed by atoms with Crippen LogP contribution in [0.5, 0.6) is 0 Å². The molecule has 0 saturated carbocycles. The van der Waals surface area contributed by atoms with E-state index in [0.717, 1.165) is 43.6 Å². The quantitative estimate of drug-likeness (QED) is 0.355. The lowest BCUT2D eigenvalue weighted by atomic mass is 10.1. The number of hydrogen-bond acceptors (Lipinski definition) is 7. The van der Waals surface area contributed by atoms with Gasteiger partial charge in [-0.2, -0.15) is 0 Å². The number of hydrogen-bond donors (Lipinski definition) is 0. The van der Waals surface area contributed by atoms with Gasteiger partial charge in [-0.1, -0.05) is 26.7 Å². The zero-order valence-corrected chi connectivity index (χ0v) is 17.5. The van der Waals surface area contributed by atoms with E-state index in [1.165, 1.54) is 0 Å². The molecule has 0 N–H and O–H groups in total. The molecule has 0 spiro atoms. The normalized spacial score (nSPS) is 14.9. The van der Waals surface area contributed by atoms with Crippen LogP contribution in [0.1, 0.15) is 56.1 Å². The molecule has 1 heterocycles. The first-order valence-electron chi connectivity index (χ1n) is 9.44. The van der Waals surface area contributed by atoms with Crippen LogP contribution in [0.3, 0.4) is 0 Å². The molecule has 1 aliphatic heterocycles. The van der Waals surface area contributed by atoms with Crippen molar-refractivity contribution in [1.29, 1.82) is 0 Å². The number of thioether (sulfide) groups is 2. The second-order valence-corrected chi connectivity index (χ2v) is 9.27. The summed E-state index contributed by atoms with van der Waals surface area (Å²) < 4.78 is 0.0185. The van der Waals surface area contributed by atoms with Gasteiger partial charge in [0, 0.05) is 25.2 Å². The van der Waals surface area contributed by atoms with Gasteiger partial charge in [-0.3, -0.25) is 20.2 Å². The maximum atomic E-state index is 11.8. The van der Waals surface area contributed by atoms with Crippen LogP contribution in [0.25, 0.3) is 0 Å². The molecule has 150 valence electrons. The first-order valence-corrected chi connectivity index (χ1v) is 11.5. The Morgan fingerprint density at radius 1 is 1.00 bits per heavy atom. The van der Waals surface area contributed by atoms with Gasteiger partial charge in [0.25, 0.3) is 11.4 Å². The molecular weight excluding hydrogens is 386 g/mol. The number of unbranched alkanes of at least 4 members (excludes halogenated alkanes) is 2. The fraction of sp³-hybridized carbons (Fsp3) is 0.667. The second-order valence-electron chi connectivity index (χ2n) is 6.54. The molecule has 1 aromatic rings. The highest BCUT2D eigenvalue weighted by atomic mass is 32.2. The molecule has 7 nitrogen and oxygen atoms in total. The topological polar surface area (TPSA) is 89.5 Å². The molecule has 1 saturated heterocycles. The van der Waals surface area contributed by atoms with E-state index >= 15 is 0 Å². The Balaban J connectivity index is 2.54. The molecule has 0 radical (unpaired) electrons. The highest BCUT2D eigenvalue weighted by Gasteiger charge is 2.33. The summed E-state index contributed by atoms with van der Waals surface area (Å²) in [6.07, 6.45) is 4.63.